The molecule has 1 aromatic rings. The minimum atomic E-state index is -0.834. The molecule has 16 heavy (non-hydrogen) atoms. The molecule has 0 aliphatic carbocycles. The van der Waals surface area contributed by atoms with Crippen molar-refractivity contribution in [3.05, 3.63) is 12.4 Å². The summed E-state index contributed by atoms with van der Waals surface area (Å²) in [6, 6.07) is 0.212. The molecule has 0 bridgehead atoms. The van der Waals surface area contributed by atoms with E-state index in [4.69, 9.17) is 9.84 Å². The zero-order chi connectivity index (χ0) is 12.0. The van der Waals surface area contributed by atoms with Crippen molar-refractivity contribution in [1.29, 1.82) is 0 Å². The maximum Gasteiger partial charge on any atom is 0.313 e. The van der Waals surface area contributed by atoms with Gasteiger partial charge in [-0.1, -0.05) is 18.7 Å². The number of carboxylic acid groups (broad SMARTS) is 1. The van der Waals surface area contributed by atoms with E-state index in [0.717, 1.165) is 11.6 Å². The highest BCUT2D eigenvalue weighted by Crippen LogP contribution is 2.22. The lowest BCUT2D eigenvalue weighted by Crippen LogP contribution is -2.14. The van der Waals surface area contributed by atoms with E-state index in [1.54, 1.807) is 13.3 Å². The predicted octanol–water partition coefficient (Wildman–Crippen LogP) is 1.66. The Morgan fingerprint density at radius 1 is 1.75 bits per heavy atom. The number of nitrogens with zero attached hydrogens (tertiary/aromatic N) is 2. The van der Waals surface area contributed by atoms with Gasteiger partial charge in [0.1, 0.15) is 0 Å². The van der Waals surface area contributed by atoms with Crippen LogP contribution in [0.1, 0.15) is 19.4 Å². The molecule has 0 aliphatic rings. The molecular weight excluding hydrogens is 228 g/mol. The van der Waals surface area contributed by atoms with E-state index in [2.05, 4.69) is 11.9 Å². The first-order valence-electron chi connectivity index (χ1n) is 5.05. The van der Waals surface area contributed by atoms with Crippen LogP contribution in [0.3, 0.4) is 0 Å². The van der Waals surface area contributed by atoms with Gasteiger partial charge in [-0.3, -0.25) is 4.79 Å². The van der Waals surface area contributed by atoms with Gasteiger partial charge in [-0.15, -0.1) is 0 Å². The fourth-order valence-electron chi connectivity index (χ4n) is 1.40. The quantitative estimate of drug-likeness (QED) is 0.739. The fourth-order valence-corrected chi connectivity index (χ4v) is 2.15. The third-order valence-electron chi connectivity index (χ3n) is 2.18. The summed E-state index contributed by atoms with van der Waals surface area (Å²) < 4.78 is 7.09. The van der Waals surface area contributed by atoms with Crippen LogP contribution in [0, 0.1) is 0 Å². The average Bonchev–Trinajstić information content (AvgIpc) is 2.71. The second-order valence-corrected chi connectivity index (χ2v) is 4.26. The Morgan fingerprint density at radius 2 is 2.50 bits per heavy atom. The Bertz CT molecular complexity index is 341. The number of imidazole rings is 1. The molecule has 1 aromatic heterocycles. The van der Waals surface area contributed by atoms with Crippen molar-refractivity contribution in [2.75, 3.05) is 19.5 Å². The molecule has 0 aromatic carbocycles. The van der Waals surface area contributed by atoms with Gasteiger partial charge in [-0.25, -0.2) is 4.98 Å². The minimum absolute atomic E-state index is 0.0282. The standard InChI is InChI=1S/C10H16N2O3S/c1-3-8(6-15-2)12-5-4-11-10(12)16-7-9(13)14/h4-5,8H,3,6-7H2,1-2H3,(H,13,14). The highest BCUT2D eigenvalue weighted by Gasteiger charge is 2.13. The number of aromatic nitrogens is 2. The predicted molar refractivity (Wildman–Crippen MR) is 61.8 cm³/mol. The van der Waals surface area contributed by atoms with Crippen LogP contribution in [0.2, 0.25) is 0 Å². The van der Waals surface area contributed by atoms with E-state index >= 15 is 0 Å². The van der Waals surface area contributed by atoms with Gasteiger partial charge >= 0.3 is 5.97 Å². The number of hydrogen-bond donors (Lipinski definition) is 1. The van der Waals surface area contributed by atoms with Crippen LogP contribution in [0.5, 0.6) is 0 Å². The summed E-state index contributed by atoms with van der Waals surface area (Å²) in [5, 5.41) is 9.35. The largest absolute Gasteiger partial charge is 0.481 e. The second-order valence-electron chi connectivity index (χ2n) is 3.32. The Labute approximate surface area is 98.8 Å². The van der Waals surface area contributed by atoms with Crippen molar-refractivity contribution in [3.8, 4) is 0 Å². The number of thioether (sulfide) groups is 1. The van der Waals surface area contributed by atoms with Gasteiger partial charge in [0.05, 0.1) is 18.4 Å². The molecule has 1 unspecified atom stereocenters. The molecule has 0 saturated carbocycles. The number of rotatable bonds is 7. The second kappa shape index (κ2) is 6.55. The maximum atomic E-state index is 10.5. The molecular formula is C10H16N2O3S. The fraction of sp³-hybridized carbons (Fsp3) is 0.600. The molecule has 0 fully saturated rings. The number of hydrogen-bond acceptors (Lipinski definition) is 4. The molecule has 0 amide bonds. The maximum absolute atomic E-state index is 10.5. The van der Waals surface area contributed by atoms with Crippen molar-refractivity contribution >= 4 is 17.7 Å². The number of carbonyl (C=O) groups is 1. The molecule has 1 atom stereocenters. The molecule has 1 rings (SSSR count). The summed E-state index contributed by atoms with van der Waals surface area (Å²) in [6.07, 6.45) is 4.46. The van der Waals surface area contributed by atoms with Gasteiger partial charge in [0.15, 0.2) is 5.16 Å². The lowest BCUT2D eigenvalue weighted by molar-refractivity contribution is -0.133. The van der Waals surface area contributed by atoms with E-state index in [0.29, 0.717) is 6.61 Å². The van der Waals surface area contributed by atoms with Crippen molar-refractivity contribution in [1.82, 2.24) is 9.55 Å². The molecule has 90 valence electrons. The highest BCUT2D eigenvalue weighted by molar-refractivity contribution is 7.99. The summed E-state index contributed by atoms with van der Waals surface area (Å²) in [5.74, 6) is -0.806. The normalized spacial score (nSPS) is 12.6. The molecule has 0 aliphatic heterocycles. The number of ether oxygens (including phenoxy) is 1. The third-order valence-corrected chi connectivity index (χ3v) is 3.15. The van der Waals surface area contributed by atoms with Crippen molar-refractivity contribution in [2.45, 2.75) is 24.5 Å². The molecule has 5 nitrogen and oxygen atoms in total. The lowest BCUT2D eigenvalue weighted by Gasteiger charge is -2.17. The monoisotopic (exact) mass is 244 g/mol. The van der Waals surface area contributed by atoms with Gasteiger partial charge in [-0.05, 0) is 6.42 Å². The van der Waals surface area contributed by atoms with Crippen LogP contribution in [0.4, 0.5) is 0 Å². The molecule has 6 heteroatoms. The molecule has 0 spiro atoms. The molecule has 0 radical (unpaired) electrons. The van der Waals surface area contributed by atoms with E-state index in [1.165, 1.54) is 11.8 Å². The summed E-state index contributed by atoms with van der Waals surface area (Å²) in [7, 11) is 1.66. The topological polar surface area (TPSA) is 64.4 Å². The van der Waals surface area contributed by atoms with Crippen LogP contribution >= 0.6 is 11.8 Å². The SMILES string of the molecule is CCC(COC)n1ccnc1SCC(=O)O. The van der Waals surface area contributed by atoms with Gasteiger partial charge in [-0.2, -0.15) is 0 Å². The van der Waals surface area contributed by atoms with Crippen LogP contribution in [-0.2, 0) is 9.53 Å². The smallest absolute Gasteiger partial charge is 0.313 e. The van der Waals surface area contributed by atoms with E-state index < -0.39 is 5.97 Å². The Kier molecular flexibility index (Phi) is 5.34. The Balaban J connectivity index is 2.71. The first-order valence-corrected chi connectivity index (χ1v) is 6.04. The van der Waals surface area contributed by atoms with E-state index in [-0.39, 0.29) is 11.8 Å². The Hall–Kier alpha value is -1.01. The van der Waals surface area contributed by atoms with E-state index in [1.807, 2.05) is 10.8 Å². The van der Waals surface area contributed by atoms with Crippen molar-refractivity contribution in [3.63, 3.8) is 0 Å². The number of methoxy groups -OCH3 is 1. The molecule has 1 heterocycles. The lowest BCUT2D eigenvalue weighted by atomic mass is 10.2. The van der Waals surface area contributed by atoms with E-state index in [9.17, 15) is 4.79 Å². The minimum Gasteiger partial charge on any atom is -0.481 e. The zero-order valence-electron chi connectivity index (χ0n) is 9.42. The Morgan fingerprint density at radius 3 is 3.06 bits per heavy atom. The van der Waals surface area contributed by atoms with Gasteiger partial charge < -0.3 is 14.4 Å². The van der Waals surface area contributed by atoms with Crippen LogP contribution < -0.4 is 0 Å². The average molecular weight is 244 g/mol. The summed E-state index contributed by atoms with van der Waals surface area (Å²) >= 11 is 1.23. The summed E-state index contributed by atoms with van der Waals surface area (Å²) in [5.41, 5.74) is 0. The van der Waals surface area contributed by atoms with Crippen LogP contribution in [0.15, 0.2) is 17.6 Å². The number of aliphatic carboxylic acids is 1. The van der Waals surface area contributed by atoms with Gasteiger partial charge in [0, 0.05) is 19.5 Å². The molecule has 1 N–H and O–H groups in total. The number of carboxylic acids is 1. The van der Waals surface area contributed by atoms with Gasteiger partial charge in [0.25, 0.3) is 0 Å². The third kappa shape index (κ3) is 3.53. The molecule has 0 saturated heterocycles. The first-order chi connectivity index (χ1) is 7.69. The van der Waals surface area contributed by atoms with Crippen molar-refractivity contribution < 1.29 is 14.6 Å². The summed E-state index contributed by atoms with van der Waals surface area (Å²) in [6.45, 7) is 2.67. The first kappa shape index (κ1) is 13.1. The van der Waals surface area contributed by atoms with Crippen LogP contribution in [0.25, 0.3) is 0 Å². The zero-order valence-corrected chi connectivity index (χ0v) is 10.2. The summed E-state index contributed by atoms with van der Waals surface area (Å²) in [4.78, 5) is 14.6. The highest BCUT2D eigenvalue weighted by atomic mass is 32.2. The van der Waals surface area contributed by atoms with Gasteiger partial charge in [0.2, 0.25) is 0 Å². The van der Waals surface area contributed by atoms with Crippen molar-refractivity contribution in [2.24, 2.45) is 0 Å². The van der Waals surface area contributed by atoms with Crippen LogP contribution in [-0.4, -0.2) is 40.1 Å².